The molecule has 1 saturated carbocycles. The van der Waals surface area contributed by atoms with Gasteiger partial charge in [0, 0.05) is 6.04 Å². The van der Waals surface area contributed by atoms with Crippen LogP contribution in [0.4, 0.5) is 0 Å². The fourth-order valence-electron chi connectivity index (χ4n) is 2.58. The molecule has 1 aliphatic carbocycles. The smallest absolute Gasteiger partial charge is 0.253 e. The van der Waals surface area contributed by atoms with Crippen LogP contribution in [0.25, 0.3) is 10.2 Å². The van der Waals surface area contributed by atoms with Crippen LogP contribution in [0.15, 0.2) is 23.7 Å². The Morgan fingerprint density at radius 1 is 1.28 bits per heavy atom. The van der Waals surface area contributed by atoms with Gasteiger partial charge in [-0.2, -0.15) is 0 Å². The molecule has 0 bridgehead atoms. The quantitative estimate of drug-likeness (QED) is 0.899. The molecule has 1 aromatic carbocycles. The zero-order valence-electron chi connectivity index (χ0n) is 10.2. The number of rotatable bonds is 2. The molecule has 3 rings (SSSR count). The summed E-state index contributed by atoms with van der Waals surface area (Å²) in [6.07, 6.45) is 5.98. The molecular weight excluding hydrogens is 244 g/mol. The Hall–Kier alpha value is -1.42. The summed E-state index contributed by atoms with van der Waals surface area (Å²) in [6, 6.07) is 6.14. The van der Waals surface area contributed by atoms with Crippen molar-refractivity contribution in [2.75, 3.05) is 0 Å². The van der Waals surface area contributed by atoms with E-state index in [1.165, 1.54) is 19.3 Å². The second-order valence-electron chi connectivity index (χ2n) is 4.81. The molecule has 1 aromatic heterocycles. The lowest BCUT2D eigenvalue weighted by Crippen LogP contribution is -2.36. The van der Waals surface area contributed by atoms with Crippen molar-refractivity contribution >= 4 is 27.5 Å². The Kier molecular flexibility index (Phi) is 3.28. The second-order valence-corrected chi connectivity index (χ2v) is 5.70. The molecule has 1 aliphatic rings. The molecule has 0 saturated heterocycles. The van der Waals surface area contributed by atoms with Crippen LogP contribution in [-0.4, -0.2) is 16.9 Å². The molecule has 0 radical (unpaired) electrons. The molecule has 94 valence electrons. The predicted octanol–water partition coefficient (Wildman–Crippen LogP) is 3.36. The van der Waals surface area contributed by atoms with Crippen molar-refractivity contribution in [1.82, 2.24) is 10.3 Å². The fraction of sp³-hybridized carbons (Fsp3) is 0.429. The maximum atomic E-state index is 12.3. The molecule has 4 heteroatoms. The van der Waals surface area contributed by atoms with E-state index in [0.717, 1.165) is 23.1 Å². The molecule has 1 N–H and O–H groups in total. The van der Waals surface area contributed by atoms with Crippen molar-refractivity contribution in [2.24, 2.45) is 0 Å². The third-order valence-electron chi connectivity index (χ3n) is 3.55. The largest absolute Gasteiger partial charge is 0.349 e. The number of amides is 1. The zero-order valence-corrected chi connectivity index (χ0v) is 11.0. The summed E-state index contributed by atoms with van der Waals surface area (Å²) in [5.41, 5.74) is 3.33. The lowest BCUT2D eigenvalue weighted by Gasteiger charge is -2.22. The molecular formula is C14H16N2OS. The third-order valence-corrected chi connectivity index (χ3v) is 4.34. The van der Waals surface area contributed by atoms with E-state index in [-0.39, 0.29) is 5.91 Å². The minimum absolute atomic E-state index is 0.0263. The first kappa shape index (κ1) is 11.7. The van der Waals surface area contributed by atoms with Gasteiger partial charge in [0.15, 0.2) is 0 Å². The van der Waals surface area contributed by atoms with Gasteiger partial charge in [0.2, 0.25) is 0 Å². The average Bonchev–Trinajstić information content (AvgIpc) is 2.87. The Morgan fingerprint density at radius 2 is 2.11 bits per heavy atom. The topological polar surface area (TPSA) is 42.0 Å². The van der Waals surface area contributed by atoms with Crippen LogP contribution in [0.3, 0.4) is 0 Å². The molecule has 1 heterocycles. The van der Waals surface area contributed by atoms with Crippen molar-refractivity contribution in [3.8, 4) is 0 Å². The standard InChI is InChI=1S/C14H16N2OS/c17-14(16-10-5-2-1-3-6-10)11-7-4-8-12-13(11)15-9-18-12/h4,7-10H,1-3,5-6H2,(H,16,17). The van der Waals surface area contributed by atoms with Crippen molar-refractivity contribution in [1.29, 1.82) is 0 Å². The maximum Gasteiger partial charge on any atom is 0.253 e. The van der Waals surface area contributed by atoms with E-state index in [1.54, 1.807) is 16.8 Å². The van der Waals surface area contributed by atoms with Crippen LogP contribution in [0.5, 0.6) is 0 Å². The first-order chi connectivity index (χ1) is 8.84. The Labute approximate surface area is 110 Å². The summed E-state index contributed by atoms with van der Waals surface area (Å²) in [5, 5.41) is 3.14. The summed E-state index contributed by atoms with van der Waals surface area (Å²) in [5.74, 6) is 0.0263. The van der Waals surface area contributed by atoms with Gasteiger partial charge in [0.05, 0.1) is 21.3 Å². The third kappa shape index (κ3) is 2.25. The van der Waals surface area contributed by atoms with E-state index >= 15 is 0 Å². The van der Waals surface area contributed by atoms with E-state index in [9.17, 15) is 4.79 Å². The molecule has 0 atom stereocenters. The number of hydrogen-bond donors (Lipinski definition) is 1. The number of benzene rings is 1. The number of fused-ring (bicyclic) bond motifs is 1. The monoisotopic (exact) mass is 260 g/mol. The van der Waals surface area contributed by atoms with E-state index in [0.29, 0.717) is 11.6 Å². The summed E-state index contributed by atoms with van der Waals surface area (Å²) >= 11 is 1.57. The lowest BCUT2D eigenvalue weighted by molar-refractivity contribution is 0.0929. The Balaban J connectivity index is 1.81. The molecule has 2 aromatic rings. The highest BCUT2D eigenvalue weighted by Gasteiger charge is 2.18. The van der Waals surface area contributed by atoms with Crippen molar-refractivity contribution in [2.45, 2.75) is 38.1 Å². The first-order valence-corrected chi connectivity index (χ1v) is 7.35. The maximum absolute atomic E-state index is 12.3. The minimum Gasteiger partial charge on any atom is -0.349 e. The minimum atomic E-state index is 0.0263. The number of hydrogen-bond acceptors (Lipinski definition) is 3. The molecule has 3 nitrogen and oxygen atoms in total. The highest BCUT2D eigenvalue weighted by Crippen LogP contribution is 2.22. The van der Waals surface area contributed by atoms with Gasteiger partial charge < -0.3 is 5.32 Å². The van der Waals surface area contributed by atoms with E-state index < -0.39 is 0 Å². The van der Waals surface area contributed by atoms with Crippen LogP contribution < -0.4 is 5.32 Å². The number of aromatic nitrogens is 1. The van der Waals surface area contributed by atoms with E-state index in [4.69, 9.17) is 0 Å². The van der Waals surface area contributed by atoms with Crippen LogP contribution >= 0.6 is 11.3 Å². The van der Waals surface area contributed by atoms with Gasteiger partial charge >= 0.3 is 0 Å². The van der Waals surface area contributed by atoms with Crippen LogP contribution in [0.1, 0.15) is 42.5 Å². The zero-order chi connectivity index (χ0) is 12.4. The summed E-state index contributed by atoms with van der Waals surface area (Å²) in [4.78, 5) is 16.6. The normalized spacial score (nSPS) is 16.9. The number of para-hydroxylation sites is 1. The highest BCUT2D eigenvalue weighted by atomic mass is 32.1. The molecule has 18 heavy (non-hydrogen) atoms. The SMILES string of the molecule is O=C(NC1CCCCC1)c1cccc2scnc12. The number of carbonyl (C=O) groups is 1. The van der Waals surface area contributed by atoms with Gasteiger partial charge in [-0.3, -0.25) is 4.79 Å². The van der Waals surface area contributed by atoms with Crippen molar-refractivity contribution < 1.29 is 4.79 Å². The second kappa shape index (κ2) is 5.06. The van der Waals surface area contributed by atoms with Crippen molar-refractivity contribution in [3.05, 3.63) is 29.3 Å². The molecule has 1 fully saturated rings. The summed E-state index contributed by atoms with van der Waals surface area (Å²) in [6.45, 7) is 0. The first-order valence-electron chi connectivity index (χ1n) is 6.47. The van der Waals surface area contributed by atoms with Gasteiger partial charge in [-0.15, -0.1) is 11.3 Å². The van der Waals surface area contributed by atoms with Gasteiger partial charge in [-0.1, -0.05) is 25.3 Å². The number of nitrogens with one attached hydrogen (secondary N) is 1. The predicted molar refractivity (Wildman–Crippen MR) is 74.0 cm³/mol. The van der Waals surface area contributed by atoms with E-state index in [2.05, 4.69) is 10.3 Å². The summed E-state index contributed by atoms with van der Waals surface area (Å²) < 4.78 is 1.08. The number of nitrogens with zero attached hydrogens (tertiary/aromatic N) is 1. The summed E-state index contributed by atoms with van der Waals surface area (Å²) in [7, 11) is 0. The van der Waals surface area contributed by atoms with Crippen LogP contribution in [0.2, 0.25) is 0 Å². The van der Waals surface area contributed by atoms with Gasteiger partial charge in [0.1, 0.15) is 0 Å². The number of thiazole rings is 1. The Morgan fingerprint density at radius 3 is 2.94 bits per heavy atom. The van der Waals surface area contributed by atoms with Crippen LogP contribution in [-0.2, 0) is 0 Å². The van der Waals surface area contributed by atoms with Gasteiger partial charge in [-0.05, 0) is 25.0 Å². The van der Waals surface area contributed by atoms with Gasteiger partial charge in [0.25, 0.3) is 5.91 Å². The molecule has 1 amide bonds. The Bertz CT molecular complexity index is 558. The highest BCUT2D eigenvalue weighted by molar-refractivity contribution is 7.16. The van der Waals surface area contributed by atoms with E-state index in [1.807, 2.05) is 18.2 Å². The van der Waals surface area contributed by atoms with Gasteiger partial charge in [-0.25, -0.2) is 4.98 Å². The molecule has 0 unspecified atom stereocenters. The van der Waals surface area contributed by atoms with Crippen LogP contribution in [0, 0.1) is 0 Å². The molecule has 0 spiro atoms. The molecule has 0 aliphatic heterocycles. The van der Waals surface area contributed by atoms with Crippen molar-refractivity contribution in [3.63, 3.8) is 0 Å². The fourth-order valence-corrected chi connectivity index (χ4v) is 3.28. The lowest BCUT2D eigenvalue weighted by atomic mass is 9.95. The number of carbonyl (C=O) groups excluding carboxylic acids is 1. The average molecular weight is 260 g/mol.